The van der Waals surface area contributed by atoms with Gasteiger partial charge in [-0.3, -0.25) is 4.79 Å². The Bertz CT molecular complexity index is 273. The highest BCUT2D eigenvalue weighted by Crippen LogP contribution is 1.89. The third kappa shape index (κ3) is 6.70. The minimum absolute atomic E-state index is 0.0302. The summed E-state index contributed by atoms with van der Waals surface area (Å²) >= 11 is 0. The molecule has 1 aromatic rings. The highest BCUT2D eigenvalue weighted by molar-refractivity contribution is 5.91. The summed E-state index contributed by atoms with van der Waals surface area (Å²) in [5.41, 5.74) is 0.463. The van der Waals surface area contributed by atoms with Crippen molar-refractivity contribution in [2.75, 3.05) is 14.2 Å². The maximum Gasteiger partial charge on any atom is 0.178 e. The van der Waals surface area contributed by atoms with E-state index in [0.717, 1.165) is 0 Å². The Morgan fingerprint density at radius 2 is 2.00 bits per heavy atom. The lowest BCUT2D eigenvalue weighted by Crippen LogP contribution is -2.05. The van der Waals surface area contributed by atoms with E-state index in [1.54, 1.807) is 26.5 Å². The van der Waals surface area contributed by atoms with Gasteiger partial charge in [0.15, 0.2) is 12.1 Å². The van der Waals surface area contributed by atoms with Gasteiger partial charge < -0.3 is 9.47 Å². The highest BCUT2D eigenvalue weighted by Gasteiger charge is 1.95. The van der Waals surface area contributed by atoms with Crippen LogP contribution in [0.4, 0.5) is 0 Å². The molecule has 1 aromatic heterocycles. The fourth-order valence-corrected chi connectivity index (χ4v) is 0.595. The Hall–Kier alpha value is -1.33. The van der Waals surface area contributed by atoms with Crippen molar-refractivity contribution in [3.63, 3.8) is 0 Å². The molecule has 0 radical (unpaired) electrons. The molecule has 0 fully saturated rings. The quantitative estimate of drug-likeness (QED) is 0.558. The Balaban J connectivity index is 0.000000288. The van der Waals surface area contributed by atoms with Crippen LogP contribution in [0.3, 0.4) is 0 Å². The number of Topliss-reactive ketones (excluding diaryl/α,β-unsaturated/α-hetero) is 1. The van der Waals surface area contributed by atoms with Crippen molar-refractivity contribution >= 4 is 5.78 Å². The SMILES string of the molecule is CC(=O)c1ccncn1.COC(C)OC. The molecule has 0 saturated carbocycles. The maximum atomic E-state index is 10.6. The Morgan fingerprint density at radius 3 is 2.20 bits per heavy atom. The second-order valence-corrected chi connectivity index (χ2v) is 2.69. The van der Waals surface area contributed by atoms with Gasteiger partial charge in [0.05, 0.1) is 0 Å². The van der Waals surface area contributed by atoms with E-state index in [1.165, 1.54) is 13.3 Å². The van der Waals surface area contributed by atoms with Gasteiger partial charge in [0.2, 0.25) is 0 Å². The van der Waals surface area contributed by atoms with Gasteiger partial charge in [-0.1, -0.05) is 0 Å². The van der Waals surface area contributed by atoms with Crippen LogP contribution in [0.5, 0.6) is 0 Å². The molecule has 0 saturated heterocycles. The van der Waals surface area contributed by atoms with Crippen LogP contribution in [0.1, 0.15) is 24.3 Å². The van der Waals surface area contributed by atoms with Gasteiger partial charge >= 0.3 is 0 Å². The largest absolute Gasteiger partial charge is 0.356 e. The monoisotopic (exact) mass is 212 g/mol. The predicted molar refractivity (Wildman–Crippen MR) is 55.5 cm³/mol. The Kier molecular flexibility index (Phi) is 7.31. The molecular weight excluding hydrogens is 196 g/mol. The standard InChI is InChI=1S/C6H6N2O.C4H10O2/c1-5(9)6-2-3-7-4-8-6;1-4(5-2)6-3/h2-4H,1H3;4H,1-3H3. The number of aromatic nitrogens is 2. The molecule has 0 N–H and O–H groups in total. The number of rotatable bonds is 3. The van der Waals surface area contributed by atoms with Gasteiger partial charge in [-0.15, -0.1) is 0 Å². The van der Waals surface area contributed by atoms with E-state index in [9.17, 15) is 4.79 Å². The molecule has 5 nitrogen and oxygen atoms in total. The molecule has 0 spiro atoms. The van der Waals surface area contributed by atoms with Crippen LogP contribution in [0.2, 0.25) is 0 Å². The summed E-state index contributed by atoms with van der Waals surface area (Å²) in [4.78, 5) is 17.9. The van der Waals surface area contributed by atoms with Gasteiger partial charge in [-0.2, -0.15) is 0 Å². The predicted octanol–water partition coefficient (Wildman–Crippen LogP) is 1.30. The minimum Gasteiger partial charge on any atom is -0.356 e. The number of ether oxygens (including phenoxy) is 2. The van der Waals surface area contributed by atoms with Gasteiger partial charge in [-0.25, -0.2) is 9.97 Å². The van der Waals surface area contributed by atoms with E-state index in [2.05, 4.69) is 19.4 Å². The summed E-state index contributed by atoms with van der Waals surface area (Å²) in [5.74, 6) is -0.0302. The van der Waals surface area contributed by atoms with E-state index in [1.807, 2.05) is 6.92 Å². The molecule has 0 aliphatic heterocycles. The van der Waals surface area contributed by atoms with Crippen molar-refractivity contribution in [1.82, 2.24) is 9.97 Å². The molecule has 1 rings (SSSR count). The first kappa shape index (κ1) is 13.7. The van der Waals surface area contributed by atoms with E-state index < -0.39 is 0 Å². The number of carbonyl (C=O) groups is 1. The molecule has 0 aromatic carbocycles. The van der Waals surface area contributed by atoms with E-state index in [0.29, 0.717) is 5.69 Å². The lowest BCUT2D eigenvalue weighted by molar-refractivity contribution is -0.0877. The average Bonchev–Trinajstić information content (AvgIpc) is 2.30. The number of methoxy groups -OCH3 is 2. The van der Waals surface area contributed by atoms with Crippen LogP contribution >= 0.6 is 0 Å². The van der Waals surface area contributed by atoms with Crippen LogP contribution in [0.15, 0.2) is 18.6 Å². The van der Waals surface area contributed by atoms with Crippen molar-refractivity contribution in [2.45, 2.75) is 20.1 Å². The van der Waals surface area contributed by atoms with Crippen molar-refractivity contribution in [3.05, 3.63) is 24.3 Å². The summed E-state index contributed by atoms with van der Waals surface area (Å²) in [6, 6.07) is 1.59. The Labute approximate surface area is 89.5 Å². The van der Waals surface area contributed by atoms with Crippen molar-refractivity contribution in [3.8, 4) is 0 Å². The number of carbonyl (C=O) groups excluding carboxylic acids is 1. The maximum absolute atomic E-state index is 10.6. The molecule has 0 unspecified atom stereocenters. The zero-order chi connectivity index (χ0) is 11.7. The highest BCUT2D eigenvalue weighted by atomic mass is 16.7. The lowest BCUT2D eigenvalue weighted by Gasteiger charge is -2.03. The van der Waals surface area contributed by atoms with Crippen molar-refractivity contribution in [2.24, 2.45) is 0 Å². The molecule has 0 bridgehead atoms. The minimum atomic E-state index is -0.0648. The van der Waals surface area contributed by atoms with Crippen LogP contribution < -0.4 is 0 Å². The number of ketones is 1. The third-order valence-electron chi connectivity index (χ3n) is 1.61. The van der Waals surface area contributed by atoms with Gasteiger partial charge in [0, 0.05) is 27.3 Å². The molecule has 0 aliphatic rings. The summed E-state index contributed by atoms with van der Waals surface area (Å²) in [7, 11) is 3.21. The fourth-order valence-electron chi connectivity index (χ4n) is 0.595. The molecule has 15 heavy (non-hydrogen) atoms. The summed E-state index contributed by atoms with van der Waals surface area (Å²) in [6.07, 6.45) is 2.84. The number of hydrogen-bond acceptors (Lipinski definition) is 5. The molecule has 1 heterocycles. The first-order valence-electron chi connectivity index (χ1n) is 4.44. The molecule has 5 heteroatoms. The first-order valence-corrected chi connectivity index (χ1v) is 4.44. The molecule has 0 amide bonds. The van der Waals surface area contributed by atoms with Crippen LogP contribution in [-0.4, -0.2) is 36.3 Å². The average molecular weight is 212 g/mol. The van der Waals surface area contributed by atoms with E-state index in [-0.39, 0.29) is 12.1 Å². The van der Waals surface area contributed by atoms with Gasteiger partial charge in [0.25, 0.3) is 0 Å². The fraction of sp³-hybridized carbons (Fsp3) is 0.500. The van der Waals surface area contributed by atoms with Crippen LogP contribution in [0.25, 0.3) is 0 Å². The van der Waals surface area contributed by atoms with Crippen LogP contribution in [0, 0.1) is 0 Å². The lowest BCUT2D eigenvalue weighted by atomic mass is 10.3. The normalized spacial score (nSPS) is 9.40. The second kappa shape index (κ2) is 8.02. The summed E-state index contributed by atoms with van der Waals surface area (Å²) < 4.78 is 9.35. The topological polar surface area (TPSA) is 61.3 Å². The van der Waals surface area contributed by atoms with E-state index in [4.69, 9.17) is 0 Å². The van der Waals surface area contributed by atoms with Crippen molar-refractivity contribution < 1.29 is 14.3 Å². The molecule has 84 valence electrons. The second-order valence-electron chi connectivity index (χ2n) is 2.69. The number of nitrogens with zero attached hydrogens (tertiary/aromatic N) is 2. The van der Waals surface area contributed by atoms with E-state index >= 15 is 0 Å². The number of hydrogen-bond donors (Lipinski definition) is 0. The Morgan fingerprint density at radius 1 is 1.40 bits per heavy atom. The zero-order valence-electron chi connectivity index (χ0n) is 9.43. The molecular formula is C10H16N2O3. The third-order valence-corrected chi connectivity index (χ3v) is 1.61. The first-order chi connectivity index (χ1) is 7.11. The van der Waals surface area contributed by atoms with Crippen LogP contribution in [-0.2, 0) is 9.47 Å². The molecule has 0 atom stereocenters. The zero-order valence-corrected chi connectivity index (χ0v) is 9.43. The smallest absolute Gasteiger partial charge is 0.178 e. The van der Waals surface area contributed by atoms with Crippen molar-refractivity contribution in [1.29, 1.82) is 0 Å². The van der Waals surface area contributed by atoms with Gasteiger partial charge in [-0.05, 0) is 13.0 Å². The summed E-state index contributed by atoms with van der Waals surface area (Å²) in [5, 5.41) is 0. The van der Waals surface area contributed by atoms with Gasteiger partial charge in [0.1, 0.15) is 12.0 Å². The molecule has 0 aliphatic carbocycles. The summed E-state index contributed by atoms with van der Waals surface area (Å²) in [6.45, 7) is 3.31.